The van der Waals surface area contributed by atoms with Crippen LogP contribution in [0.15, 0.2) is 4.99 Å². The largest absolute Gasteiger partial charge is 0.396 e. The number of rotatable bonds is 6. The van der Waals surface area contributed by atoms with E-state index in [-0.39, 0.29) is 24.5 Å². The van der Waals surface area contributed by atoms with Gasteiger partial charge in [-0.1, -0.05) is 6.92 Å². The van der Waals surface area contributed by atoms with Crippen LogP contribution in [-0.2, 0) is 4.79 Å². The molecule has 2 atom stereocenters. The minimum Gasteiger partial charge on any atom is -0.396 e. The van der Waals surface area contributed by atoms with Crippen LogP contribution in [0.5, 0.6) is 0 Å². The number of aliphatic imine (C=N–C) groups is 1. The molecule has 2 heterocycles. The van der Waals surface area contributed by atoms with Crippen molar-refractivity contribution in [2.24, 2.45) is 10.9 Å². The first kappa shape index (κ1) is 20.0. The Balaban J connectivity index is 1.86. The molecule has 1 amide bonds. The lowest BCUT2D eigenvalue weighted by atomic mass is 10.2. The van der Waals surface area contributed by atoms with Crippen molar-refractivity contribution in [3.05, 3.63) is 0 Å². The minimum absolute atomic E-state index is 0.0332. The second kappa shape index (κ2) is 9.97. The zero-order chi connectivity index (χ0) is 18.2. The number of aliphatic hydroxyl groups is 1. The Hall–Kier alpha value is -1.34. The first-order chi connectivity index (χ1) is 12.1. The summed E-state index contributed by atoms with van der Waals surface area (Å²) < 4.78 is 0. The average molecular weight is 354 g/mol. The van der Waals surface area contributed by atoms with E-state index in [2.05, 4.69) is 27.0 Å². The molecule has 7 heteroatoms. The minimum atomic E-state index is -0.0332. The van der Waals surface area contributed by atoms with Crippen molar-refractivity contribution in [2.45, 2.75) is 39.7 Å². The summed E-state index contributed by atoms with van der Waals surface area (Å²) in [5.41, 5.74) is 0. The van der Waals surface area contributed by atoms with E-state index < -0.39 is 0 Å². The topological polar surface area (TPSA) is 71.4 Å². The molecular weight excluding hydrogens is 318 g/mol. The Morgan fingerprint density at radius 2 is 1.72 bits per heavy atom. The molecule has 2 rings (SSSR count). The molecule has 144 valence electrons. The molecule has 2 aliphatic rings. The third-order valence-electron chi connectivity index (χ3n) is 5.14. The lowest BCUT2D eigenvalue weighted by Gasteiger charge is -2.39. The summed E-state index contributed by atoms with van der Waals surface area (Å²) in [6.45, 7) is 13.1. The highest BCUT2D eigenvalue weighted by molar-refractivity contribution is 5.82. The Kier molecular flexibility index (Phi) is 7.96. The maximum Gasteiger partial charge on any atom is 0.239 e. The molecular formula is C18H35N5O2. The van der Waals surface area contributed by atoms with Crippen LogP contribution in [0, 0.1) is 5.92 Å². The van der Waals surface area contributed by atoms with E-state index >= 15 is 0 Å². The zero-order valence-electron chi connectivity index (χ0n) is 16.1. The summed E-state index contributed by atoms with van der Waals surface area (Å²) in [6, 6.07) is -0.0332. The fourth-order valence-electron chi connectivity index (χ4n) is 3.40. The van der Waals surface area contributed by atoms with Crippen molar-refractivity contribution in [3.8, 4) is 0 Å². The highest BCUT2D eigenvalue weighted by Crippen LogP contribution is 2.14. The maximum absolute atomic E-state index is 12.6. The first-order valence-corrected chi connectivity index (χ1v) is 9.73. The Labute approximate surface area is 152 Å². The van der Waals surface area contributed by atoms with Crippen molar-refractivity contribution >= 4 is 11.9 Å². The second-order valence-corrected chi connectivity index (χ2v) is 7.21. The highest BCUT2D eigenvalue weighted by Gasteiger charge is 2.30. The molecule has 0 aromatic carbocycles. The second-order valence-electron chi connectivity index (χ2n) is 7.21. The van der Waals surface area contributed by atoms with Gasteiger partial charge in [-0.2, -0.15) is 0 Å². The van der Waals surface area contributed by atoms with E-state index in [1.54, 1.807) is 0 Å². The van der Waals surface area contributed by atoms with Crippen LogP contribution in [0.4, 0.5) is 0 Å². The fraction of sp³-hybridized carbons (Fsp3) is 0.889. The number of hydrogen-bond donors (Lipinski definition) is 2. The van der Waals surface area contributed by atoms with E-state index in [0.29, 0.717) is 6.54 Å². The number of nitrogens with one attached hydrogen (secondary N) is 1. The number of nitrogens with zero attached hydrogens (tertiary/aromatic N) is 4. The van der Waals surface area contributed by atoms with Crippen molar-refractivity contribution in [1.29, 1.82) is 0 Å². The number of aliphatic hydroxyl groups excluding tert-OH is 1. The van der Waals surface area contributed by atoms with Gasteiger partial charge >= 0.3 is 0 Å². The smallest absolute Gasteiger partial charge is 0.239 e. The molecule has 0 aliphatic carbocycles. The van der Waals surface area contributed by atoms with Crippen LogP contribution in [0.3, 0.4) is 0 Å². The van der Waals surface area contributed by atoms with E-state index in [9.17, 15) is 9.90 Å². The number of hydrogen-bond acceptors (Lipinski definition) is 4. The molecule has 7 nitrogen and oxygen atoms in total. The quantitative estimate of drug-likeness (QED) is 0.528. The van der Waals surface area contributed by atoms with Crippen molar-refractivity contribution < 1.29 is 9.90 Å². The molecule has 0 aromatic rings. The van der Waals surface area contributed by atoms with Crippen LogP contribution in [0.2, 0.25) is 0 Å². The zero-order valence-corrected chi connectivity index (χ0v) is 16.1. The van der Waals surface area contributed by atoms with Gasteiger partial charge in [0.15, 0.2) is 5.96 Å². The van der Waals surface area contributed by atoms with Gasteiger partial charge in [0.25, 0.3) is 0 Å². The standard InChI is InChI=1S/C18H35N5O2/c1-4-19-18(20-13-15(2)14-24)23-11-9-21(10-12-23)16(3)17(25)22-7-5-6-8-22/h15-16,24H,4-14H2,1-3H3,(H,19,20). The number of carbonyl (C=O) groups is 1. The molecule has 0 bridgehead atoms. The van der Waals surface area contributed by atoms with Gasteiger partial charge in [0.05, 0.1) is 6.04 Å². The Morgan fingerprint density at radius 1 is 1.08 bits per heavy atom. The van der Waals surface area contributed by atoms with E-state index in [0.717, 1.165) is 64.6 Å². The van der Waals surface area contributed by atoms with Gasteiger partial charge in [0.2, 0.25) is 5.91 Å². The molecule has 2 aliphatic heterocycles. The third kappa shape index (κ3) is 5.57. The maximum atomic E-state index is 12.6. The normalized spacial score (nSPS) is 22.2. The van der Waals surface area contributed by atoms with Gasteiger partial charge in [-0.25, -0.2) is 0 Å². The van der Waals surface area contributed by atoms with Gasteiger partial charge in [0.1, 0.15) is 0 Å². The lowest BCUT2D eigenvalue weighted by molar-refractivity contribution is -0.135. The summed E-state index contributed by atoms with van der Waals surface area (Å²) in [5.74, 6) is 1.37. The van der Waals surface area contributed by atoms with Crippen LogP contribution in [0.25, 0.3) is 0 Å². The van der Waals surface area contributed by atoms with Crippen molar-refractivity contribution in [3.63, 3.8) is 0 Å². The summed E-state index contributed by atoms with van der Waals surface area (Å²) in [4.78, 5) is 23.8. The number of guanidine groups is 1. The Bertz CT molecular complexity index is 443. The lowest BCUT2D eigenvalue weighted by Crippen LogP contribution is -2.57. The third-order valence-corrected chi connectivity index (χ3v) is 5.14. The van der Waals surface area contributed by atoms with Crippen molar-refractivity contribution in [1.82, 2.24) is 20.0 Å². The summed E-state index contributed by atoms with van der Waals surface area (Å²) in [5, 5.41) is 12.5. The number of piperazine rings is 1. The molecule has 0 radical (unpaired) electrons. The van der Waals surface area contributed by atoms with Crippen LogP contribution in [-0.4, -0.2) is 96.7 Å². The molecule has 0 spiro atoms. The predicted molar refractivity (Wildman–Crippen MR) is 101 cm³/mol. The average Bonchev–Trinajstić information content (AvgIpc) is 3.18. The van der Waals surface area contributed by atoms with Crippen LogP contribution < -0.4 is 5.32 Å². The van der Waals surface area contributed by atoms with Crippen molar-refractivity contribution in [2.75, 3.05) is 59.0 Å². The molecule has 0 saturated carbocycles. The van der Waals surface area contributed by atoms with E-state index in [4.69, 9.17) is 0 Å². The summed E-state index contributed by atoms with van der Waals surface area (Å²) >= 11 is 0. The number of likely N-dealkylation sites (tertiary alicyclic amines) is 1. The monoisotopic (exact) mass is 353 g/mol. The molecule has 2 fully saturated rings. The Morgan fingerprint density at radius 3 is 2.28 bits per heavy atom. The molecule has 2 saturated heterocycles. The predicted octanol–water partition coefficient (Wildman–Crippen LogP) is 0.209. The summed E-state index contributed by atoms with van der Waals surface area (Å²) in [7, 11) is 0. The molecule has 2 N–H and O–H groups in total. The SMILES string of the molecule is CCNC(=NCC(C)CO)N1CCN(C(C)C(=O)N2CCCC2)CC1. The first-order valence-electron chi connectivity index (χ1n) is 9.73. The van der Waals surface area contributed by atoms with E-state index in [1.165, 1.54) is 0 Å². The number of carbonyl (C=O) groups excluding carboxylic acids is 1. The van der Waals surface area contributed by atoms with Gasteiger partial charge in [-0.3, -0.25) is 14.7 Å². The summed E-state index contributed by atoms with van der Waals surface area (Å²) in [6.07, 6.45) is 2.28. The highest BCUT2D eigenvalue weighted by atomic mass is 16.3. The van der Waals surface area contributed by atoms with Crippen LogP contribution >= 0.6 is 0 Å². The van der Waals surface area contributed by atoms with Gasteiger partial charge in [-0.15, -0.1) is 0 Å². The van der Waals surface area contributed by atoms with Gasteiger partial charge in [0, 0.05) is 59.0 Å². The van der Waals surface area contributed by atoms with Gasteiger partial charge in [-0.05, 0) is 32.6 Å². The molecule has 2 unspecified atom stereocenters. The number of amides is 1. The van der Waals surface area contributed by atoms with Gasteiger partial charge < -0.3 is 20.2 Å². The molecule has 0 aromatic heterocycles. The van der Waals surface area contributed by atoms with E-state index in [1.807, 2.05) is 18.7 Å². The van der Waals surface area contributed by atoms with Crippen LogP contribution in [0.1, 0.15) is 33.6 Å². The molecule has 25 heavy (non-hydrogen) atoms. The fourth-order valence-corrected chi connectivity index (χ4v) is 3.40.